The number of hydrogen-bond donors (Lipinski definition) is 2. The van der Waals surface area contributed by atoms with Crippen LogP contribution in [0.4, 0.5) is 0 Å². The third-order valence-electron chi connectivity index (χ3n) is 6.06. The molecule has 6 heteroatoms. The Bertz CT molecular complexity index is 468. The number of hydrogen-bond acceptors (Lipinski definition) is 3. The van der Waals surface area contributed by atoms with E-state index in [1.54, 1.807) is 0 Å². The second-order valence-electron chi connectivity index (χ2n) is 8.01. The van der Waals surface area contributed by atoms with Crippen molar-refractivity contribution in [3.63, 3.8) is 0 Å². The summed E-state index contributed by atoms with van der Waals surface area (Å²) in [5.41, 5.74) is 0.339. The largest absolute Gasteiger partial charge is 0.381 e. The lowest BCUT2D eigenvalue weighted by Crippen LogP contribution is -2.44. The quantitative estimate of drug-likeness (QED) is 0.450. The van der Waals surface area contributed by atoms with E-state index in [0.717, 1.165) is 45.2 Å². The highest BCUT2D eigenvalue weighted by atomic mass is 16.5. The summed E-state index contributed by atoms with van der Waals surface area (Å²) in [4.78, 5) is 18.8. The van der Waals surface area contributed by atoms with E-state index in [1.165, 1.54) is 38.5 Å². The Morgan fingerprint density at radius 1 is 1.20 bits per heavy atom. The molecular weight excluding hydrogens is 316 g/mol. The van der Waals surface area contributed by atoms with Gasteiger partial charge in [-0.2, -0.15) is 0 Å². The number of likely N-dealkylation sites (tertiary alicyclic amines) is 1. The molecule has 1 spiro atoms. The van der Waals surface area contributed by atoms with Crippen molar-refractivity contribution >= 4 is 11.9 Å². The van der Waals surface area contributed by atoms with Crippen LogP contribution in [0.2, 0.25) is 0 Å². The lowest BCUT2D eigenvalue weighted by molar-refractivity contribution is -0.122. The Hall–Kier alpha value is -1.30. The molecule has 0 aromatic carbocycles. The van der Waals surface area contributed by atoms with Crippen LogP contribution < -0.4 is 10.6 Å². The maximum Gasteiger partial charge on any atom is 0.220 e. The average Bonchev–Trinajstić information content (AvgIpc) is 3.26. The third kappa shape index (κ3) is 5.09. The van der Waals surface area contributed by atoms with E-state index >= 15 is 0 Å². The zero-order valence-electron chi connectivity index (χ0n) is 15.7. The first-order valence-electron chi connectivity index (χ1n) is 10.0. The van der Waals surface area contributed by atoms with E-state index in [2.05, 4.69) is 20.5 Å². The van der Waals surface area contributed by atoms with Crippen LogP contribution >= 0.6 is 0 Å². The highest BCUT2D eigenvalue weighted by Crippen LogP contribution is 2.38. The molecular formula is C19H34N4O2. The molecule has 142 valence electrons. The zero-order valence-corrected chi connectivity index (χ0v) is 15.7. The summed E-state index contributed by atoms with van der Waals surface area (Å²) >= 11 is 0. The van der Waals surface area contributed by atoms with Gasteiger partial charge in [-0.15, -0.1) is 0 Å². The van der Waals surface area contributed by atoms with Crippen molar-refractivity contribution in [2.45, 2.75) is 51.4 Å². The molecule has 6 nitrogen and oxygen atoms in total. The summed E-state index contributed by atoms with van der Waals surface area (Å²) in [5.74, 6) is 1.75. The van der Waals surface area contributed by atoms with Gasteiger partial charge in [0, 0.05) is 51.7 Å². The number of carbonyl (C=O) groups is 1. The van der Waals surface area contributed by atoms with Crippen LogP contribution in [0, 0.1) is 11.3 Å². The molecule has 2 N–H and O–H groups in total. The van der Waals surface area contributed by atoms with E-state index in [4.69, 9.17) is 4.74 Å². The second kappa shape index (κ2) is 8.88. The number of carbonyl (C=O) groups excluding carboxylic acids is 1. The molecule has 3 aliphatic rings. The first-order valence-corrected chi connectivity index (χ1v) is 10.0. The number of guanidine groups is 1. The van der Waals surface area contributed by atoms with Gasteiger partial charge in [0.05, 0.1) is 6.61 Å². The predicted molar refractivity (Wildman–Crippen MR) is 99.6 cm³/mol. The standard InChI is InChI=1S/C19H34N4O2/c1-20-18(23-11-7-19(14-23)8-12-25-15-19)22-10-9-21-17(24)13-16-5-3-2-4-6-16/h16H,2-15H2,1H3,(H,20,22)(H,21,24). The lowest BCUT2D eigenvalue weighted by atomic mass is 9.87. The van der Waals surface area contributed by atoms with Gasteiger partial charge >= 0.3 is 0 Å². The molecule has 0 aromatic rings. The third-order valence-corrected chi connectivity index (χ3v) is 6.06. The summed E-state index contributed by atoms with van der Waals surface area (Å²) in [6.45, 7) is 5.23. The van der Waals surface area contributed by atoms with Gasteiger partial charge < -0.3 is 20.3 Å². The molecule has 0 radical (unpaired) electrons. The lowest BCUT2D eigenvalue weighted by Gasteiger charge is -2.25. The van der Waals surface area contributed by atoms with Crippen molar-refractivity contribution in [3.8, 4) is 0 Å². The van der Waals surface area contributed by atoms with Gasteiger partial charge in [0.25, 0.3) is 0 Å². The van der Waals surface area contributed by atoms with Crippen molar-refractivity contribution in [2.75, 3.05) is 46.4 Å². The molecule has 2 heterocycles. The van der Waals surface area contributed by atoms with Gasteiger partial charge in [-0.3, -0.25) is 9.79 Å². The highest BCUT2D eigenvalue weighted by molar-refractivity contribution is 5.80. The molecule has 1 unspecified atom stereocenters. The number of nitrogens with one attached hydrogen (secondary N) is 2. The van der Waals surface area contributed by atoms with Crippen LogP contribution in [0.25, 0.3) is 0 Å². The maximum absolute atomic E-state index is 12.1. The summed E-state index contributed by atoms with van der Waals surface area (Å²) in [6.07, 6.45) is 9.41. The van der Waals surface area contributed by atoms with Crippen LogP contribution in [0.3, 0.4) is 0 Å². The van der Waals surface area contributed by atoms with Gasteiger partial charge in [0.2, 0.25) is 5.91 Å². The minimum atomic E-state index is 0.201. The SMILES string of the molecule is CN=C(NCCNC(=O)CC1CCCCC1)N1CCC2(CCOC2)C1. The second-order valence-corrected chi connectivity index (χ2v) is 8.01. The summed E-state index contributed by atoms with van der Waals surface area (Å²) in [7, 11) is 1.83. The molecule has 2 aliphatic heterocycles. The van der Waals surface area contributed by atoms with Crippen molar-refractivity contribution in [1.29, 1.82) is 0 Å². The van der Waals surface area contributed by atoms with Crippen molar-refractivity contribution in [3.05, 3.63) is 0 Å². The van der Waals surface area contributed by atoms with Gasteiger partial charge in [0.15, 0.2) is 5.96 Å². The van der Waals surface area contributed by atoms with Crippen molar-refractivity contribution in [2.24, 2.45) is 16.3 Å². The van der Waals surface area contributed by atoms with Crippen LogP contribution in [0.5, 0.6) is 0 Å². The fourth-order valence-electron chi connectivity index (χ4n) is 4.52. The van der Waals surface area contributed by atoms with Crippen LogP contribution in [0.15, 0.2) is 4.99 Å². The fraction of sp³-hybridized carbons (Fsp3) is 0.895. The Morgan fingerprint density at radius 3 is 2.72 bits per heavy atom. The summed E-state index contributed by atoms with van der Waals surface area (Å²) < 4.78 is 5.60. The normalized spacial score (nSPS) is 27.9. The minimum Gasteiger partial charge on any atom is -0.381 e. The molecule has 1 saturated carbocycles. The van der Waals surface area contributed by atoms with Crippen molar-refractivity contribution in [1.82, 2.24) is 15.5 Å². The van der Waals surface area contributed by atoms with Gasteiger partial charge in [-0.05, 0) is 31.6 Å². The number of amides is 1. The Morgan fingerprint density at radius 2 is 2.00 bits per heavy atom. The molecule has 3 rings (SSSR count). The Kier molecular flexibility index (Phi) is 6.57. The topological polar surface area (TPSA) is 66.0 Å². The smallest absolute Gasteiger partial charge is 0.220 e. The first kappa shape index (κ1) is 18.5. The molecule has 0 aromatic heterocycles. The van der Waals surface area contributed by atoms with Crippen LogP contribution in [-0.2, 0) is 9.53 Å². The minimum absolute atomic E-state index is 0.201. The van der Waals surface area contributed by atoms with Gasteiger partial charge in [-0.25, -0.2) is 0 Å². The average molecular weight is 351 g/mol. The van der Waals surface area contributed by atoms with E-state index in [0.29, 0.717) is 24.3 Å². The fourth-order valence-corrected chi connectivity index (χ4v) is 4.52. The molecule has 1 amide bonds. The van der Waals surface area contributed by atoms with Crippen LogP contribution in [0.1, 0.15) is 51.4 Å². The van der Waals surface area contributed by atoms with E-state index in [-0.39, 0.29) is 5.91 Å². The zero-order chi connectivity index (χ0) is 17.5. The van der Waals surface area contributed by atoms with Gasteiger partial charge in [0.1, 0.15) is 0 Å². The molecule has 1 atom stereocenters. The Labute approximate surface area is 151 Å². The highest BCUT2D eigenvalue weighted by Gasteiger charge is 2.42. The number of rotatable bonds is 5. The van der Waals surface area contributed by atoms with Gasteiger partial charge in [-0.1, -0.05) is 19.3 Å². The first-order chi connectivity index (χ1) is 12.2. The number of aliphatic imine (C=N–C) groups is 1. The monoisotopic (exact) mass is 350 g/mol. The Balaban J connectivity index is 1.32. The van der Waals surface area contributed by atoms with Crippen molar-refractivity contribution < 1.29 is 9.53 Å². The maximum atomic E-state index is 12.1. The summed E-state index contributed by atoms with van der Waals surface area (Å²) in [5, 5.41) is 6.45. The molecule has 0 bridgehead atoms. The molecule has 1 aliphatic carbocycles. The number of nitrogens with zero attached hydrogens (tertiary/aromatic N) is 2. The van der Waals surface area contributed by atoms with E-state index in [9.17, 15) is 4.79 Å². The summed E-state index contributed by atoms with van der Waals surface area (Å²) in [6, 6.07) is 0. The molecule has 25 heavy (non-hydrogen) atoms. The number of ether oxygens (including phenoxy) is 1. The van der Waals surface area contributed by atoms with E-state index in [1.807, 2.05) is 7.05 Å². The van der Waals surface area contributed by atoms with E-state index < -0.39 is 0 Å². The molecule has 3 fully saturated rings. The van der Waals surface area contributed by atoms with Crippen LogP contribution in [-0.4, -0.2) is 63.2 Å². The molecule has 2 saturated heterocycles. The predicted octanol–water partition coefficient (Wildman–Crippen LogP) is 1.76.